The van der Waals surface area contributed by atoms with Crippen LogP contribution in [0.3, 0.4) is 0 Å². The Kier molecular flexibility index (Phi) is 3.70. The smallest absolute Gasteiger partial charge is 0.254 e. The van der Waals surface area contributed by atoms with Gasteiger partial charge in [0.1, 0.15) is 0 Å². The number of amides is 1. The van der Waals surface area contributed by atoms with Crippen molar-refractivity contribution in [3.05, 3.63) is 42.2 Å². The van der Waals surface area contributed by atoms with E-state index in [1.54, 1.807) is 24.5 Å². The third-order valence-corrected chi connectivity index (χ3v) is 5.50. The molecule has 4 nitrogen and oxygen atoms in total. The summed E-state index contributed by atoms with van der Waals surface area (Å²) in [5, 5.41) is 0. The molecule has 0 aromatic carbocycles. The molecule has 116 valence electrons. The fraction of sp³-hybridized carbons (Fsp3) is 0.556. The average molecular weight is 297 g/mol. The summed E-state index contributed by atoms with van der Waals surface area (Å²) in [5.41, 5.74) is 0.752. The number of nitrogens with zero attached hydrogens (tertiary/aromatic N) is 3. The van der Waals surface area contributed by atoms with E-state index in [0.717, 1.165) is 49.5 Å². The minimum atomic E-state index is 0.143. The Balaban J connectivity index is 1.29. The van der Waals surface area contributed by atoms with Gasteiger partial charge in [0.05, 0.1) is 0 Å². The second-order valence-electron chi connectivity index (χ2n) is 6.87. The molecule has 3 unspecified atom stereocenters. The Bertz CT molecular complexity index is 563. The highest BCUT2D eigenvalue weighted by atomic mass is 16.2. The monoisotopic (exact) mass is 297 g/mol. The van der Waals surface area contributed by atoms with Gasteiger partial charge in [-0.15, -0.1) is 0 Å². The lowest BCUT2D eigenvalue weighted by Gasteiger charge is -2.37. The van der Waals surface area contributed by atoms with Gasteiger partial charge in [0, 0.05) is 50.7 Å². The normalized spacial score (nSPS) is 30.9. The number of carbonyl (C=O) groups is 1. The van der Waals surface area contributed by atoms with Gasteiger partial charge in [-0.3, -0.25) is 14.7 Å². The van der Waals surface area contributed by atoms with Gasteiger partial charge in [-0.1, -0.05) is 12.2 Å². The van der Waals surface area contributed by atoms with Crippen molar-refractivity contribution >= 4 is 5.91 Å². The van der Waals surface area contributed by atoms with E-state index in [1.165, 1.54) is 19.4 Å². The molecule has 1 aromatic rings. The minimum Gasteiger partial charge on any atom is -0.336 e. The average Bonchev–Trinajstić information content (AvgIpc) is 3.19. The van der Waals surface area contributed by atoms with E-state index in [0.29, 0.717) is 0 Å². The Hall–Kier alpha value is -1.68. The topological polar surface area (TPSA) is 36.4 Å². The molecule has 4 rings (SSSR count). The number of carbonyl (C=O) groups excluding carboxylic acids is 1. The second kappa shape index (κ2) is 5.84. The zero-order valence-electron chi connectivity index (χ0n) is 12.9. The van der Waals surface area contributed by atoms with Crippen molar-refractivity contribution in [1.29, 1.82) is 0 Å². The predicted molar refractivity (Wildman–Crippen MR) is 85.4 cm³/mol. The van der Waals surface area contributed by atoms with Crippen LogP contribution in [0, 0.1) is 17.8 Å². The number of allylic oxidation sites excluding steroid dienone is 2. The van der Waals surface area contributed by atoms with E-state index in [2.05, 4.69) is 22.0 Å². The molecule has 2 aliphatic carbocycles. The van der Waals surface area contributed by atoms with Crippen LogP contribution in [0.5, 0.6) is 0 Å². The summed E-state index contributed by atoms with van der Waals surface area (Å²) in [5.74, 6) is 2.66. The summed E-state index contributed by atoms with van der Waals surface area (Å²) < 4.78 is 0. The van der Waals surface area contributed by atoms with E-state index < -0.39 is 0 Å². The van der Waals surface area contributed by atoms with Crippen LogP contribution in [0.1, 0.15) is 23.2 Å². The number of pyridine rings is 1. The van der Waals surface area contributed by atoms with Gasteiger partial charge >= 0.3 is 0 Å². The van der Waals surface area contributed by atoms with E-state index in [9.17, 15) is 4.79 Å². The van der Waals surface area contributed by atoms with Crippen LogP contribution in [-0.2, 0) is 0 Å². The van der Waals surface area contributed by atoms with E-state index in [4.69, 9.17) is 0 Å². The van der Waals surface area contributed by atoms with E-state index in [1.807, 2.05) is 4.90 Å². The van der Waals surface area contributed by atoms with Gasteiger partial charge in [0.15, 0.2) is 0 Å². The first-order valence-corrected chi connectivity index (χ1v) is 8.39. The highest BCUT2D eigenvalue weighted by Crippen LogP contribution is 2.43. The quantitative estimate of drug-likeness (QED) is 0.801. The fourth-order valence-electron chi connectivity index (χ4n) is 4.25. The molecule has 0 N–H and O–H groups in total. The third-order valence-electron chi connectivity index (χ3n) is 5.50. The molecule has 3 atom stereocenters. The molecule has 0 spiro atoms. The van der Waals surface area contributed by atoms with Crippen molar-refractivity contribution in [2.75, 3.05) is 32.7 Å². The zero-order valence-corrected chi connectivity index (χ0v) is 12.9. The van der Waals surface area contributed by atoms with Gasteiger partial charge in [0.2, 0.25) is 0 Å². The zero-order chi connectivity index (χ0) is 14.9. The molecule has 1 saturated heterocycles. The summed E-state index contributed by atoms with van der Waals surface area (Å²) in [4.78, 5) is 20.9. The third kappa shape index (κ3) is 2.68. The summed E-state index contributed by atoms with van der Waals surface area (Å²) >= 11 is 0. The van der Waals surface area contributed by atoms with Gasteiger partial charge in [-0.25, -0.2) is 0 Å². The van der Waals surface area contributed by atoms with Crippen molar-refractivity contribution < 1.29 is 4.79 Å². The van der Waals surface area contributed by atoms with Gasteiger partial charge < -0.3 is 4.90 Å². The molecular weight excluding hydrogens is 274 g/mol. The summed E-state index contributed by atoms with van der Waals surface area (Å²) in [7, 11) is 0. The van der Waals surface area contributed by atoms with Crippen LogP contribution in [0.25, 0.3) is 0 Å². The summed E-state index contributed by atoms with van der Waals surface area (Å²) in [6, 6.07) is 3.60. The fourth-order valence-corrected chi connectivity index (χ4v) is 4.25. The Labute approximate surface area is 131 Å². The number of hydrogen-bond acceptors (Lipinski definition) is 3. The molecule has 1 aromatic heterocycles. The first-order chi connectivity index (χ1) is 10.8. The highest BCUT2D eigenvalue weighted by Gasteiger charge is 2.36. The standard InChI is InChI=1S/C18H23N3O/c22-18(15-3-5-19-6-4-15)21-9-7-20(8-10-21)13-17-12-14-1-2-16(17)11-14/h1-6,14,16-17H,7-13H2. The molecule has 1 amide bonds. The first kappa shape index (κ1) is 13.9. The lowest BCUT2D eigenvalue weighted by molar-refractivity contribution is 0.0610. The molecule has 1 saturated carbocycles. The van der Waals surface area contributed by atoms with Crippen LogP contribution >= 0.6 is 0 Å². The molecule has 2 heterocycles. The molecule has 0 radical (unpaired) electrons. The van der Waals surface area contributed by atoms with E-state index in [-0.39, 0.29) is 5.91 Å². The highest BCUT2D eigenvalue weighted by molar-refractivity contribution is 5.94. The Morgan fingerprint density at radius 3 is 2.50 bits per heavy atom. The minimum absolute atomic E-state index is 0.143. The number of hydrogen-bond donors (Lipinski definition) is 0. The van der Waals surface area contributed by atoms with Gasteiger partial charge in [-0.05, 0) is 42.7 Å². The summed E-state index contributed by atoms with van der Waals surface area (Å²) in [6.45, 7) is 4.92. The number of aromatic nitrogens is 1. The van der Waals surface area contributed by atoms with Gasteiger partial charge in [-0.2, -0.15) is 0 Å². The lowest BCUT2D eigenvalue weighted by atomic mass is 9.93. The SMILES string of the molecule is O=C(c1ccncc1)N1CCN(CC2CC3C=CC2C3)CC1. The number of rotatable bonds is 3. The van der Waals surface area contributed by atoms with Crippen molar-refractivity contribution in [2.45, 2.75) is 12.8 Å². The maximum Gasteiger partial charge on any atom is 0.254 e. The second-order valence-corrected chi connectivity index (χ2v) is 6.87. The van der Waals surface area contributed by atoms with Gasteiger partial charge in [0.25, 0.3) is 5.91 Å². The van der Waals surface area contributed by atoms with Crippen LogP contribution in [0.15, 0.2) is 36.7 Å². The van der Waals surface area contributed by atoms with Crippen molar-refractivity contribution in [3.63, 3.8) is 0 Å². The predicted octanol–water partition coefficient (Wildman–Crippen LogP) is 2.05. The molecule has 1 aliphatic heterocycles. The molecular formula is C18H23N3O. The van der Waals surface area contributed by atoms with Crippen molar-refractivity contribution in [2.24, 2.45) is 17.8 Å². The molecule has 4 heteroatoms. The van der Waals surface area contributed by atoms with Crippen LogP contribution < -0.4 is 0 Å². The largest absolute Gasteiger partial charge is 0.336 e. The Morgan fingerprint density at radius 2 is 1.86 bits per heavy atom. The van der Waals surface area contributed by atoms with E-state index >= 15 is 0 Å². The molecule has 22 heavy (non-hydrogen) atoms. The molecule has 2 fully saturated rings. The van der Waals surface area contributed by atoms with Crippen LogP contribution in [-0.4, -0.2) is 53.4 Å². The molecule has 2 bridgehead atoms. The molecule has 3 aliphatic rings. The lowest BCUT2D eigenvalue weighted by Crippen LogP contribution is -2.50. The summed E-state index contributed by atoms with van der Waals surface area (Å²) in [6.07, 6.45) is 11.0. The van der Waals surface area contributed by atoms with Crippen LogP contribution in [0.4, 0.5) is 0 Å². The maximum absolute atomic E-state index is 12.4. The number of fused-ring (bicyclic) bond motifs is 2. The first-order valence-electron chi connectivity index (χ1n) is 8.39. The Morgan fingerprint density at radius 1 is 1.09 bits per heavy atom. The van der Waals surface area contributed by atoms with Crippen LogP contribution in [0.2, 0.25) is 0 Å². The van der Waals surface area contributed by atoms with Crippen molar-refractivity contribution in [3.8, 4) is 0 Å². The maximum atomic E-state index is 12.4. The van der Waals surface area contributed by atoms with Crippen molar-refractivity contribution in [1.82, 2.24) is 14.8 Å². The number of piperazine rings is 1.